The van der Waals surface area contributed by atoms with Gasteiger partial charge in [-0.1, -0.05) is 13.8 Å². The SMILES string of the molecule is CC1(CCCO)CC2CC(C)(CCCO)CC(CCCO)(C2)C1. The molecule has 2 saturated carbocycles. The van der Waals surface area contributed by atoms with Gasteiger partial charge in [0.15, 0.2) is 0 Å². The van der Waals surface area contributed by atoms with E-state index in [1.807, 2.05) is 0 Å². The molecule has 0 aromatic heterocycles. The second-order valence-electron chi connectivity index (χ2n) is 9.43. The van der Waals surface area contributed by atoms with Gasteiger partial charge in [-0.25, -0.2) is 0 Å². The van der Waals surface area contributed by atoms with Gasteiger partial charge in [0, 0.05) is 19.8 Å². The van der Waals surface area contributed by atoms with Crippen LogP contribution in [0, 0.1) is 22.2 Å². The molecule has 0 spiro atoms. The summed E-state index contributed by atoms with van der Waals surface area (Å²) in [6.45, 7) is 5.77. The number of hydrogen-bond acceptors (Lipinski definition) is 3. The lowest BCUT2D eigenvalue weighted by atomic mass is 9.47. The van der Waals surface area contributed by atoms with E-state index in [1.54, 1.807) is 0 Å². The average molecular weight is 327 g/mol. The Morgan fingerprint density at radius 2 is 1.13 bits per heavy atom. The maximum Gasteiger partial charge on any atom is 0.0431 e. The number of rotatable bonds is 9. The van der Waals surface area contributed by atoms with E-state index in [-0.39, 0.29) is 0 Å². The van der Waals surface area contributed by atoms with Gasteiger partial charge in [-0.15, -0.1) is 0 Å². The Bertz CT molecular complexity index is 341. The summed E-state index contributed by atoms with van der Waals surface area (Å²) >= 11 is 0. The van der Waals surface area contributed by atoms with Crippen molar-refractivity contribution in [2.24, 2.45) is 22.2 Å². The van der Waals surface area contributed by atoms with Crippen molar-refractivity contribution in [1.82, 2.24) is 0 Å². The van der Waals surface area contributed by atoms with E-state index < -0.39 is 0 Å². The Labute approximate surface area is 142 Å². The molecule has 0 aromatic carbocycles. The maximum atomic E-state index is 9.37. The van der Waals surface area contributed by atoms with Crippen LogP contribution in [0.1, 0.15) is 84.5 Å². The summed E-state index contributed by atoms with van der Waals surface area (Å²) < 4.78 is 0. The summed E-state index contributed by atoms with van der Waals surface area (Å²) in [6, 6.07) is 0. The molecule has 2 atom stereocenters. The van der Waals surface area contributed by atoms with E-state index in [0.717, 1.165) is 44.4 Å². The van der Waals surface area contributed by atoms with Crippen LogP contribution in [0.25, 0.3) is 0 Å². The molecule has 0 radical (unpaired) electrons. The molecule has 3 heteroatoms. The van der Waals surface area contributed by atoms with E-state index >= 15 is 0 Å². The number of hydrogen-bond donors (Lipinski definition) is 3. The molecule has 0 saturated heterocycles. The van der Waals surface area contributed by atoms with Crippen LogP contribution < -0.4 is 0 Å². The lowest BCUT2D eigenvalue weighted by Crippen LogP contribution is -2.47. The predicted molar refractivity (Wildman–Crippen MR) is 94.2 cm³/mol. The molecular weight excluding hydrogens is 288 g/mol. The minimum absolute atomic E-state index is 0.299. The zero-order chi connectivity index (χ0) is 17.0. The Morgan fingerprint density at radius 3 is 1.57 bits per heavy atom. The van der Waals surface area contributed by atoms with Crippen molar-refractivity contribution in [2.75, 3.05) is 19.8 Å². The van der Waals surface area contributed by atoms with Crippen molar-refractivity contribution in [3.05, 3.63) is 0 Å². The lowest BCUT2D eigenvalue weighted by Gasteiger charge is -2.58. The molecule has 0 amide bonds. The van der Waals surface area contributed by atoms with E-state index in [0.29, 0.717) is 36.1 Å². The fourth-order valence-corrected chi connectivity index (χ4v) is 6.51. The monoisotopic (exact) mass is 326 g/mol. The van der Waals surface area contributed by atoms with Gasteiger partial charge in [0.1, 0.15) is 0 Å². The molecule has 2 fully saturated rings. The van der Waals surface area contributed by atoms with Crippen molar-refractivity contribution in [3.63, 3.8) is 0 Å². The highest BCUT2D eigenvalue weighted by molar-refractivity contribution is 5.03. The normalized spacial score (nSPS) is 40.3. The Hall–Kier alpha value is -0.120. The van der Waals surface area contributed by atoms with Crippen LogP contribution in [0.4, 0.5) is 0 Å². The second-order valence-corrected chi connectivity index (χ2v) is 9.43. The van der Waals surface area contributed by atoms with Gasteiger partial charge < -0.3 is 15.3 Å². The second kappa shape index (κ2) is 7.84. The van der Waals surface area contributed by atoms with Crippen LogP contribution in [0.3, 0.4) is 0 Å². The van der Waals surface area contributed by atoms with E-state index in [1.165, 1.54) is 32.1 Å². The lowest BCUT2D eigenvalue weighted by molar-refractivity contribution is -0.0787. The van der Waals surface area contributed by atoms with Crippen molar-refractivity contribution in [2.45, 2.75) is 84.5 Å². The van der Waals surface area contributed by atoms with E-state index in [4.69, 9.17) is 0 Å². The highest BCUT2D eigenvalue weighted by Crippen LogP contribution is 2.63. The standard InChI is InChI=1S/C20H38O3/c1-18(6-3-9-21)12-17-13-19(2,7-4-10-22)16-20(14-17,15-18)8-5-11-23/h17,21-23H,3-16H2,1-2H3. The van der Waals surface area contributed by atoms with Gasteiger partial charge in [0.2, 0.25) is 0 Å². The largest absolute Gasteiger partial charge is 0.396 e. The smallest absolute Gasteiger partial charge is 0.0431 e. The highest BCUT2D eigenvalue weighted by atomic mass is 16.3. The predicted octanol–water partition coefficient (Wildman–Crippen LogP) is 3.90. The summed E-state index contributed by atoms with van der Waals surface area (Å²) in [5, 5.41) is 27.9. The quantitative estimate of drug-likeness (QED) is 0.602. The summed E-state index contributed by atoms with van der Waals surface area (Å²) in [5.41, 5.74) is 1.09. The highest BCUT2D eigenvalue weighted by Gasteiger charge is 2.52. The summed E-state index contributed by atoms with van der Waals surface area (Å²) in [6.07, 6.45) is 12.6. The Morgan fingerprint density at radius 1 is 0.696 bits per heavy atom. The van der Waals surface area contributed by atoms with Gasteiger partial charge in [-0.2, -0.15) is 0 Å². The summed E-state index contributed by atoms with van der Waals surface area (Å²) in [4.78, 5) is 0. The van der Waals surface area contributed by atoms with Gasteiger partial charge in [-0.3, -0.25) is 0 Å². The molecule has 2 bridgehead atoms. The van der Waals surface area contributed by atoms with Gasteiger partial charge >= 0.3 is 0 Å². The van der Waals surface area contributed by atoms with Crippen molar-refractivity contribution < 1.29 is 15.3 Å². The number of aliphatic hydroxyl groups is 3. The van der Waals surface area contributed by atoms with E-state index in [2.05, 4.69) is 13.8 Å². The molecule has 2 aliphatic rings. The molecule has 0 heterocycles. The van der Waals surface area contributed by atoms with Gasteiger partial charge in [0.05, 0.1) is 0 Å². The minimum Gasteiger partial charge on any atom is -0.396 e. The minimum atomic E-state index is 0.299. The maximum absolute atomic E-state index is 9.37. The van der Waals surface area contributed by atoms with Crippen LogP contribution in [-0.2, 0) is 0 Å². The molecule has 0 aromatic rings. The molecule has 23 heavy (non-hydrogen) atoms. The van der Waals surface area contributed by atoms with E-state index in [9.17, 15) is 15.3 Å². The first-order valence-corrected chi connectivity index (χ1v) is 9.71. The molecule has 2 rings (SSSR count). The first-order valence-electron chi connectivity index (χ1n) is 9.71. The third kappa shape index (κ3) is 4.93. The third-order valence-corrected chi connectivity index (χ3v) is 6.63. The first kappa shape index (κ1) is 19.2. The van der Waals surface area contributed by atoms with Crippen LogP contribution >= 0.6 is 0 Å². The summed E-state index contributed by atoms with van der Waals surface area (Å²) in [5.74, 6) is 0.781. The molecule has 2 aliphatic carbocycles. The molecule has 136 valence electrons. The third-order valence-electron chi connectivity index (χ3n) is 6.63. The molecule has 3 N–H and O–H groups in total. The molecule has 0 aliphatic heterocycles. The Kier molecular flexibility index (Phi) is 6.55. The number of aliphatic hydroxyl groups excluding tert-OH is 3. The van der Waals surface area contributed by atoms with Gasteiger partial charge in [-0.05, 0) is 92.8 Å². The molecule has 2 unspecified atom stereocenters. The van der Waals surface area contributed by atoms with Crippen LogP contribution in [0.5, 0.6) is 0 Å². The van der Waals surface area contributed by atoms with Crippen LogP contribution in [0.2, 0.25) is 0 Å². The summed E-state index contributed by atoms with van der Waals surface area (Å²) in [7, 11) is 0. The van der Waals surface area contributed by atoms with Gasteiger partial charge in [0.25, 0.3) is 0 Å². The fourth-order valence-electron chi connectivity index (χ4n) is 6.51. The first-order chi connectivity index (χ1) is 10.9. The molecular formula is C20H38O3. The number of fused-ring (bicyclic) bond motifs is 2. The van der Waals surface area contributed by atoms with Crippen molar-refractivity contribution in [1.29, 1.82) is 0 Å². The van der Waals surface area contributed by atoms with Crippen LogP contribution in [-0.4, -0.2) is 35.1 Å². The molecule has 3 nitrogen and oxygen atoms in total. The fraction of sp³-hybridized carbons (Fsp3) is 1.00. The topological polar surface area (TPSA) is 60.7 Å². The average Bonchev–Trinajstić information content (AvgIpc) is 2.48. The van der Waals surface area contributed by atoms with Crippen molar-refractivity contribution in [3.8, 4) is 0 Å². The Balaban J connectivity index is 2.15. The zero-order valence-corrected chi connectivity index (χ0v) is 15.3. The van der Waals surface area contributed by atoms with Crippen LogP contribution in [0.15, 0.2) is 0 Å². The van der Waals surface area contributed by atoms with Crippen molar-refractivity contribution >= 4 is 0 Å². The zero-order valence-electron chi connectivity index (χ0n) is 15.3.